The van der Waals surface area contributed by atoms with Crippen LogP contribution in [0, 0.1) is 11.3 Å². The molecular weight excluding hydrogens is 376 g/mol. The predicted molar refractivity (Wildman–Crippen MR) is 115 cm³/mol. The molecule has 0 bridgehead atoms. The van der Waals surface area contributed by atoms with Crippen molar-refractivity contribution in [1.82, 2.24) is 20.0 Å². The summed E-state index contributed by atoms with van der Waals surface area (Å²) in [6.45, 7) is 0.221. The topological polar surface area (TPSA) is 113 Å². The van der Waals surface area contributed by atoms with Gasteiger partial charge in [-0.25, -0.2) is 5.10 Å². The molecular formula is C23H20N6O. The third-order valence-electron chi connectivity index (χ3n) is 5.78. The first kappa shape index (κ1) is 18.3. The second-order valence-electron chi connectivity index (χ2n) is 7.69. The number of hydrogen-bond donors (Lipinski definition) is 2. The number of aromatic nitrogens is 4. The minimum Gasteiger partial charge on any atom is -0.325 e. The molecule has 0 amide bonds. The number of nitrogens with zero attached hydrogens (tertiary/aromatic N) is 4. The summed E-state index contributed by atoms with van der Waals surface area (Å²) in [5.41, 5.74) is 11.6. The normalized spacial score (nSPS) is 13.5. The number of nitrogens with two attached hydrogens (primary N) is 1. The number of aromatic amines is 1. The molecule has 30 heavy (non-hydrogen) atoms. The highest BCUT2D eigenvalue weighted by molar-refractivity contribution is 5.91. The Morgan fingerprint density at radius 2 is 2.03 bits per heavy atom. The lowest BCUT2D eigenvalue weighted by Gasteiger charge is -2.12. The van der Waals surface area contributed by atoms with Crippen molar-refractivity contribution in [2.24, 2.45) is 12.8 Å². The van der Waals surface area contributed by atoms with Gasteiger partial charge in [0.05, 0.1) is 34.6 Å². The van der Waals surface area contributed by atoms with Crippen LogP contribution in [0.1, 0.15) is 35.6 Å². The molecule has 4 aromatic rings. The molecule has 2 aromatic heterocycles. The Balaban J connectivity index is 1.74. The predicted octanol–water partition coefficient (Wildman–Crippen LogP) is 3.20. The van der Waals surface area contributed by atoms with Gasteiger partial charge in [0.25, 0.3) is 5.56 Å². The van der Waals surface area contributed by atoms with Crippen LogP contribution >= 0.6 is 0 Å². The Morgan fingerprint density at radius 3 is 2.77 bits per heavy atom. The van der Waals surface area contributed by atoms with Crippen molar-refractivity contribution in [3.63, 3.8) is 0 Å². The van der Waals surface area contributed by atoms with Gasteiger partial charge < -0.3 is 5.73 Å². The van der Waals surface area contributed by atoms with Crippen molar-refractivity contribution in [3.8, 4) is 28.5 Å². The van der Waals surface area contributed by atoms with Crippen LogP contribution in [0.5, 0.6) is 0 Å². The van der Waals surface area contributed by atoms with Gasteiger partial charge in [0.2, 0.25) is 0 Å². The molecule has 0 saturated heterocycles. The number of rotatable bonds is 4. The van der Waals surface area contributed by atoms with Crippen molar-refractivity contribution < 1.29 is 0 Å². The maximum absolute atomic E-state index is 12.2. The zero-order valence-corrected chi connectivity index (χ0v) is 16.5. The van der Waals surface area contributed by atoms with Gasteiger partial charge in [-0.3, -0.25) is 9.48 Å². The van der Waals surface area contributed by atoms with Crippen LogP contribution in [-0.2, 0) is 13.6 Å². The molecule has 1 aliphatic carbocycles. The van der Waals surface area contributed by atoms with Gasteiger partial charge in [-0.1, -0.05) is 12.1 Å². The first-order valence-corrected chi connectivity index (χ1v) is 9.89. The molecule has 7 heteroatoms. The van der Waals surface area contributed by atoms with E-state index in [1.807, 2.05) is 25.2 Å². The van der Waals surface area contributed by atoms with Gasteiger partial charge in [-0.05, 0) is 54.2 Å². The minimum absolute atomic E-state index is 0.221. The zero-order chi connectivity index (χ0) is 20.8. The number of nitriles is 1. The van der Waals surface area contributed by atoms with E-state index in [1.165, 1.54) is 18.4 Å². The van der Waals surface area contributed by atoms with Crippen molar-refractivity contribution >= 4 is 10.8 Å². The quantitative estimate of drug-likeness (QED) is 0.550. The Labute approximate surface area is 172 Å². The van der Waals surface area contributed by atoms with E-state index in [0.717, 1.165) is 27.8 Å². The molecule has 0 spiro atoms. The summed E-state index contributed by atoms with van der Waals surface area (Å²) in [5.74, 6) is 0.582. The van der Waals surface area contributed by atoms with E-state index in [2.05, 4.69) is 33.5 Å². The number of H-pyrrole nitrogens is 1. The number of nitrogens with one attached hydrogen (secondary N) is 1. The molecule has 7 nitrogen and oxygen atoms in total. The average Bonchev–Trinajstić information content (AvgIpc) is 3.55. The van der Waals surface area contributed by atoms with Crippen LogP contribution in [0.15, 0.2) is 47.4 Å². The first-order valence-electron chi connectivity index (χ1n) is 9.89. The standard InChI is InChI=1S/C23H20N6O/c1-29-22(18-8-14(13-2-3-13)4-5-16(18)10-24)20(12-26-29)15-6-7-17-19(9-15)21(11-25)27-28-23(17)30/h4-9,12-13H,2-3,11,25H2,1H3,(H,28,30). The second-order valence-corrected chi connectivity index (χ2v) is 7.69. The van der Waals surface area contributed by atoms with Crippen molar-refractivity contribution in [2.75, 3.05) is 0 Å². The van der Waals surface area contributed by atoms with E-state index >= 15 is 0 Å². The highest BCUT2D eigenvalue weighted by Gasteiger charge is 2.25. The van der Waals surface area contributed by atoms with Crippen molar-refractivity contribution in [3.05, 3.63) is 69.8 Å². The maximum atomic E-state index is 12.2. The van der Waals surface area contributed by atoms with Crippen LogP contribution in [0.3, 0.4) is 0 Å². The molecule has 0 radical (unpaired) electrons. The summed E-state index contributed by atoms with van der Waals surface area (Å²) in [4.78, 5) is 12.2. The van der Waals surface area contributed by atoms with Gasteiger partial charge in [-0.2, -0.15) is 15.5 Å². The Morgan fingerprint density at radius 1 is 1.20 bits per heavy atom. The van der Waals surface area contributed by atoms with Gasteiger partial charge >= 0.3 is 0 Å². The fraction of sp³-hybridized carbons (Fsp3) is 0.217. The fourth-order valence-corrected chi connectivity index (χ4v) is 4.04. The fourth-order valence-electron chi connectivity index (χ4n) is 4.04. The molecule has 3 N–H and O–H groups in total. The van der Waals surface area contributed by atoms with E-state index in [4.69, 9.17) is 5.73 Å². The van der Waals surface area contributed by atoms with Crippen LogP contribution in [-0.4, -0.2) is 20.0 Å². The summed E-state index contributed by atoms with van der Waals surface area (Å²) in [6, 6.07) is 14.0. The Kier molecular flexibility index (Phi) is 4.23. The lowest BCUT2D eigenvalue weighted by atomic mass is 9.94. The molecule has 1 aliphatic rings. The number of benzene rings is 2. The molecule has 0 unspecified atom stereocenters. The molecule has 5 rings (SSSR count). The SMILES string of the molecule is Cn1ncc(-c2ccc3c(=O)[nH]nc(CN)c3c2)c1-c1cc(C2CC2)ccc1C#N. The molecule has 1 fully saturated rings. The second kappa shape index (κ2) is 6.94. The summed E-state index contributed by atoms with van der Waals surface area (Å²) >= 11 is 0. The number of hydrogen-bond acceptors (Lipinski definition) is 5. The molecule has 1 saturated carbocycles. The smallest absolute Gasteiger partial charge is 0.272 e. The molecule has 2 heterocycles. The van der Waals surface area contributed by atoms with Gasteiger partial charge in [0, 0.05) is 30.1 Å². The van der Waals surface area contributed by atoms with Crippen molar-refractivity contribution in [2.45, 2.75) is 25.3 Å². The summed E-state index contributed by atoms with van der Waals surface area (Å²) in [6.07, 6.45) is 4.18. The van der Waals surface area contributed by atoms with Gasteiger partial charge in [0.15, 0.2) is 0 Å². The molecule has 0 aliphatic heterocycles. The minimum atomic E-state index is -0.246. The zero-order valence-electron chi connectivity index (χ0n) is 16.5. The molecule has 2 aromatic carbocycles. The molecule has 148 valence electrons. The van der Waals surface area contributed by atoms with E-state index in [1.54, 1.807) is 16.9 Å². The highest BCUT2D eigenvalue weighted by Crippen LogP contribution is 2.43. The van der Waals surface area contributed by atoms with E-state index in [0.29, 0.717) is 22.6 Å². The van der Waals surface area contributed by atoms with E-state index < -0.39 is 0 Å². The maximum Gasteiger partial charge on any atom is 0.272 e. The lowest BCUT2D eigenvalue weighted by Crippen LogP contribution is -2.13. The van der Waals surface area contributed by atoms with Crippen LogP contribution in [0.25, 0.3) is 33.2 Å². The number of fused-ring (bicyclic) bond motifs is 1. The lowest BCUT2D eigenvalue weighted by molar-refractivity contribution is 0.775. The molecule has 0 atom stereocenters. The van der Waals surface area contributed by atoms with E-state index in [-0.39, 0.29) is 12.1 Å². The highest BCUT2D eigenvalue weighted by atomic mass is 16.1. The first-order chi connectivity index (χ1) is 14.6. The third-order valence-corrected chi connectivity index (χ3v) is 5.78. The van der Waals surface area contributed by atoms with Gasteiger partial charge in [0.1, 0.15) is 0 Å². The Bertz CT molecular complexity index is 1390. The third kappa shape index (κ3) is 2.90. The van der Waals surface area contributed by atoms with Crippen LogP contribution in [0.2, 0.25) is 0 Å². The largest absolute Gasteiger partial charge is 0.325 e. The summed E-state index contributed by atoms with van der Waals surface area (Å²) < 4.78 is 1.80. The van der Waals surface area contributed by atoms with E-state index in [9.17, 15) is 10.1 Å². The van der Waals surface area contributed by atoms with Crippen molar-refractivity contribution in [1.29, 1.82) is 5.26 Å². The average molecular weight is 396 g/mol. The number of aryl methyl sites for hydroxylation is 1. The van der Waals surface area contributed by atoms with Gasteiger partial charge in [-0.15, -0.1) is 0 Å². The Hall–Kier alpha value is -3.76. The van der Waals surface area contributed by atoms with Crippen LogP contribution < -0.4 is 11.3 Å². The van der Waals surface area contributed by atoms with Crippen LogP contribution in [0.4, 0.5) is 0 Å². The summed E-state index contributed by atoms with van der Waals surface area (Å²) in [5, 5.41) is 22.0. The summed E-state index contributed by atoms with van der Waals surface area (Å²) in [7, 11) is 1.88. The monoisotopic (exact) mass is 396 g/mol.